The van der Waals surface area contributed by atoms with Gasteiger partial charge < -0.3 is 5.73 Å². The summed E-state index contributed by atoms with van der Waals surface area (Å²) in [5, 5.41) is 10.3. The molecule has 1 unspecified atom stereocenters. The van der Waals surface area contributed by atoms with Crippen LogP contribution in [-0.4, -0.2) is 16.9 Å². The van der Waals surface area contributed by atoms with E-state index in [1.165, 1.54) is 19.1 Å². The molecule has 0 aliphatic heterocycles. The van der Waals surface area contributed by atoms with Crippen molar-refractivity contribution < 1.29 is 13.7 Å². The molecular formula is C8H10F2N2O2S. The molecule has 0 amide bonds. The number of nitrogens with zero attached hydrogens (tertiary/aromatic N) is 1. The van der Waals surface area contributed by atoms with Crippen LogP contribution >= 0.6 is 11.3 Å². The zero-order chi connectivity index (χ0) is 11.6. The van der Waals surface area contributed by atoms with Gasteiger partial charge in [0.1, 0.15) is 0 Å². The number of alkyl halides is 2. The second kappa shape index (κ2) is 4.19. The summed E-state index contributed by atoms with van der Waals surface area (Å²) in [6, 6.07) is 2.75. The van der Waals surface area contributed by atoms with E-state index in [9.17, 15) is 18.9 Å². The van der Waals surface area contributed by atoms with Crippen LogP contribution < -0.4 is 5.73 Å². The van der Waals surface area contributed by atoms with Crippen molar-refractivity contribution in [3.8, 4) is 0 Å². The highest BCUT2D eigenvalue weighted by Gasteiger charge is 2.31. The molecule has 1 atom stereocenters. The van der Waals surface area contributed by atoms with Gasteiger partial charge in [-0.3, -0.25) is 10.1 Å². The summed E-state index contributed by atoms with van der Waals surface area (Å²) in [5.74, 6) is 0. The first-order valence-electron chi connectivity index (χ1n) is 4.13. The van der Waals surface area contributed by atoms with E-state index in [2.05, 4.69) is 0 Å². The third kappa shape index (κ3) is 2.93. The fourth-order valence-electron chi connectivity index (χ4n) is 1.01. The van der Waals surface area contributed by atoms with E-state index in [4.69, 9.17) is 5.73 Å². The second-order valence-electron chi connectivity index (χ2n) is 3.48. The summed E-state index contributed by atoms with van der Waals surface area (Å²) in [5.41, 5.74) is 3.72. The second-order valence-corrected chi connectivity index (χ2v) is 4.63. The van der Waals surface area contributed by atoms with Crippen LogP contribution in [0.15, 0.2) is 12.1 Å². The SMILES string of the molecule is CC(N)(Cc1ccc([N+](=O)[O-])s1)C(F)F. The van der Waals surface area contributed by atoms with Crippen molar-refractivity contribution in [3.05, 3.63) is 27.1 Å². The lowest BCUT2D eigenvalue weighted by atomic mass is 9.99. The Morgan fingerprint density at radius 3 is 2.67 bits per heavy atom. The zero-order valence-electron chi connectivity index (χ0n) is 7.94. The molecule has 0 aliphatic carbocycles. The summed E-state index contributed by atoms with van der Waals surface area (Å²) >= 11 is 0.873. The smallest absolute Gasteiger partial charge is 0.320 e. The van der Waals surface area contributed by atoms with Crippen molar-refractivity contribution in [2.75, 3.05) is 0 Å². The van der Waals surface area contributed by atoms with Crippen LogP contribution in [0.4, 0.5) is 13.8 Å². The van der Waals surface area contributed by atoms with Crippen LogP contribution in [0.5, 0.6) is 0 Å². The van der Waals surface area contributed by atoms with Crippen molar-refractivity contribution in [1.29, 1.82) is 0 Å². The van der Waals surface area contributed by atoms with Gasteiger partial charge in [0, 0.05) is 17.4 Å². The fraction of sp³-hybridized carbons (Fsp3) is 0.500. The van der Waals surface area contributed by atoms with E-state index in [0.29, 0.717) is 4.88 Å². The predicted molar refractivity (Wildman–Crippen MR) is 53.3 cm³/mol. The van der Waals surface area contributed by atoms with Gasteiger partial charge >= 0.3 is 5.00 Å². The molecule has 0 bridgehead atoms. The van der Waals surface area contributed by atoms with E-state index in [1.54, 1.807) is 0 Å². The maximum Gasteiger partial charge on any atom is 0.324 e. The van der Waals surface area contributed by atoms with Gasteiger partial charge in [0.25, 0.3) is 6.43 Å². The molecule has 0 saturated heterocycles. The topological polar surface area (TPSA) is 69.2 Å². The summed E-state index contributed by atoms with van der Waals surface area (Å²) in [6.45, 7) is 1.23. The minimum absolute atomic E-state index is 0.0601. The zero-order valence-corrected chi connectivity index (χ0v) is 8.76. The van der Waals surface area contributed by atoms with E-state index in [0.717, 1.165) is 11.3 Å². The van der Waals surface area contributed by atoms with Crippen LogP contribution in [0.1, 0.15) is 11.8 Å². The Labute approximate surface area is 88.9 Å². The molecule has 1 rings (SSSR count). The van der Waals surface area contributed by atoms with Gasteiger partial charge in [-0.05, 0) is 13.0 Å². The number of halogens is 2. The minimum atomic E-state index is -2.65. The van der Waals surface area contributed by atoms with Gasteiger partial charge in [0.2, 0.25) is 0 Å². The first-order chi connectivity index (χ1) is 6.83. The van der Waals surface area contributed by atoms with Crippen molar-refractivity contribution in [3.63, 3.8) is 0 Å². The third-order valence-electron chi connectivity index (χ3n) is 1.88. The van der Waals surface area contributed by atoms with Crippen molar-refractivity contribution >= 4 is 16.3 Å². The van der Waals surface area contributed by atoms with Gasteiger partial charge in [-0.1, -0.05) is 11.3 Å². The molecule has 15 heavy (non-hydrogen) atoms. The summed E-state index contributed by atoms with van der Waals surface area (Å²) in [6.07, 6.45) is -2.72. The van der Waals surface area contributed by atoms with Crippen molar-refractivity contribution in [2.45, 2.75) is 25.3 Å². The fourth-order valence-corrected chi connectivity index (χ4v) is 2.01. The maximum atomic E-state index is 12.4. The first kappa shape index (κ1) is 12.0. The van der Waals surface area contributed by atoms with Gasteiger partial charge in [0.05, 0.1) is 10.5 Å². The minimum Gasteiger partial charge on any atom is -0.320 e. The van der Waals surface area contributed by atoms with E-state index in [-0.39, 0.29) is 11.4 Å². The Kier molecular flexibility index (Phi) is 3.35. The molecule has 0 fully saturated rings. The lowest BCUT2D eigenvalue weighted by Crippen LogP contribution is -2.45. The van der Waals surface area contributed by atoms with Crippen LogP contribution in [0.3, 0.4) is 0 Å². The van der Waals surface area contributed by atoms with E-state index in [1.807, 2.05) is 0 Å². The Balaban J connectivity index is 2.77. The predicted octanol–water partition coefficient (Wildman–Crippen LogP) is 2.18. The molecule has 1 heterocycles. The lowest BCUT2D eigenvalue weighted by Gasteiger charge is -2.22. The maximum absolute atomic E-state index is 12.4. The number of hydrogen-bond acceptors (Lipinski definition) is 4. The average Bonchev–Trinajstić information content (AvgIpc) is 2.51. The van der Waals surface area contributed by atoms with Gasteiger partial charge in [0.15, 0.2) is 0 Å². The van der Waals surface area contributed by atoms with Crippen molar-refractivity contribution in [2.24, 2.45) is 5.73 Å². The quantitative estimate of drug-likeness (QED) is 0.643. The normalized spacial score (nSPS) is 15.3. The Bertz CT molecular complexity index is 365. The monoisotopic (exact) mass is 236 g/mol. The molecule has 0 aliphatic rings. The summed E-state index contributed by atoms with van der Waals surface area (Å²) in [4.78, 5) is 10.3. The average molecular weight is 236 g/mol. The highest BCUT2D eigenvalue weighted by Crippen LogP contribution is 2.28. The van der Waals surface area contributed by atoms with Gasteiger partial charge in [-0.25, -0.2) is 8.78 Å². The molecule has 2 N–H and O–H groups in total. The molecule has 4 nitrogen and oxygen atoms in total. The Hall–Kier alpha value is -1.08. The standard InChI is InChI=1S/C8H10F2N2O2S/c1-8(11,7(9)10)4-5-2-3-6(15-5)12(13)14/h2-3,7H,4,11H2,1H3. The molecule has 1 aromatic rings. The molecular weight excluding hydrogens is 226 g/mol. The van der Waals surface area contributed by atoms with Crippen LogP contribution in [0.25, 0.3) is 0 Å². The van der Waals surface area contributed by atoms with Crippen LogP contribution in [0.2, 0.25) is 0 Å². The number of thiophene rings is 1. The largest absolute Gasteiger partial charge is 0.324 e. The first-order valence-corrected chi connectivity index (χ1v) is 4.95. The highest BCUT2D eigenvalue weighted by atomic mass is 32.1. The summed E-state index contributed by atoms with van der Waals surface area (Å²) in [7, 11) is 0. The van der Waals surface area contributed by atoms with E-state index < -0.39 is 16.9 Å². The number of nitro groups is 1. The summed E-state index contributed by atoms with van der Waals surface area (Å²) < 4.78 is 24.8. The van der Waals surface area contributed by atoms with Crippen molar-refractivity contribution in [1.82, 2.24) is 0 Å². The molecule has 7 heteroatoms. The third-order valence-corrected chi connectivity index (χ3v) is 2.92. The number of hydrogen-bond donors (Lipinski definition) is 1. The van der Waals surface area contributed by atoms with Gasteiger partial charge in [-0.2, -0.15) is 0 Å². The Morgan fingerprint density at radius 2 is 2.27 bits per heavy atom. The molecule has 0 saturated carbocycles. The van der Waals surface area contributed by atoms with Crippen LogP contribution in [-0.2, 0) is 6.42 Å². The molecule has 84 valence electrons. The molecule has 0 radical (unpaired) electrons. The van der Waals surface area contributed by atoms with Crippen LogP contribution in [0, 0.1) is 10.1 Å². The lowest BCUT2D eigenvalue weighted by molar-refractivity contribution is -0.380. The Morgan fingerprint density at radius 1 is 1.67 bits per heavy atom. The molecule has 0 spiro atoms. The number of rotatable bonds is 4. The molecule has 1 aromatic heterocycles. The van der Waals surface area contributed by atoms with Gasteiger partial charge in [-0.15, -0.1) is 0 Å². The molecule has 0 aromatic carbocycles. The van der Waals surface area contributed by atoms with E-state index >= 15 is 0 Å². The highest BCUT2D eigenvalue weighted by molar-refractivity contribution is 7.15. The number of nitrogens with two attached hydrogens (primary N) is 1.